The minimum absolute atomic E-state index is 0.000828. The fourth-order valence-corrected chi connectivity index (χ4v) is 3.39. The molecule has 2 nitrogen and oxygen atoms in total. The Bertz CT molecular complexity index is 736. The van der Waals surface area contributed by atoms with Gasteiger partial charge in [-0.25, -0.2) is 0 Å². The van der Waals surface area contributed by atoms with Gasteiger partial charge in [-0.05, 0) is 40.6 Å². The van der Waals surface area contributed by atoms with Crippen molar-refractivity contribution in [1.29, 1.82) is 0 Å². The Labute approximate surface area is 129 Å². The lowest BCUT2D eigenvalue weighted by Crippen LogP contribution is -1.95. The first-order valence-electron chi connectivity index (χ1n) is 6.25. The molecule has 3 rings (SSSR count). The number of benzene rings is 2. The SMILES string of the molecule is OCc1cc(OCc2csc3ccccc23)ccc1Br. The Morgan fingerprint density at radius 3 is 2.80 bits per heavy atom. The van der Waals surface area contributed by atoms with Gasteiger partial charge in [0.25, 0.3) is 0 Å². The third kappa shape index (κ3) is 2.73. The van der Waals surface area contributed by atoms with Gasteiger partial charge in [-0.15, -0.1) is 11.3 Å². The number of halogens is 1. The molecule has 1 aromatic heterocycles. The lowest BCUT2D eigenvalue weighted by atomic mass is 10.2. The van der Waals surface area contributed by atoms with Crippen molar-refractivity contribution in [3.05, 3.63) is 63.4 Å². The van der Waals surface area contributed by atoms with Crippen LogP contribution in [0, 0.1) is 0 Å². The first-order chi connectivity index (χ1) is 9.78. The van der Waals surface area contributed by atoms with Crippen molar-refractivity contribution < 1.29 is 9.84 Å². The smallest absolute Gasteiger partial charge is 0.120 e. The van der Waals surface area contributed by atoms with Crippen LogP contribution in [0.5, 0.6) is 5.75 Å². The van der Waals surface area contributed by atoms with Gasteiger partial charge in [0.05, 0.1) is 6.61 Å². The molecular weight excluding hydrogens is 336 g/mol. The van der Waals surface area contributed by atoms with Crippen LogP contribution >= 0.6 is 27.3 Å². The summed E-state index contributed by atoms with van der Waals surface area (Å²) < 4.78 is 8.00. The summed E-state index contributed by atoms with van der Waals surface area (Å²) in [5, 5.41) is 12.6. The monoisotopic (exact) mass is 348 g/mol. The molecule has 0 aliphatic rings. The summed E-state index contributed by atoms with van der Waals surface area (Å²) in [6.07, 6.45) is 0. The van der Waals surface area contributed by atoms with Gasteiger partial charge in [-0.1, -0.05) is 34.1 Å². The van der Waals surface area contributed by atoms with Crippen molar-refractivity contribution in [1.82, 2.24) is 0 Å². The normalized spacial score (nSPS) is 10.9. The highest BCUT2D eigenvalue weighted by Crippen LogP contribution is 2.28. The summed E-state index contributed by atoms with van der Waals surface area (Å²) in [4.78, 5) is 0. The van der Waals surface area contributed by atoms with Gasteiger partial charge in [0.2, 0.25) is 0 Å². The zero-order valence-corrected chi connectivity index (χ0v) is 13.1. The third-order valence-corrected chi connectivity index (χ3v) is 4.93. The maximum Gasteiger partial charge on any atom is 0.120 e. The summed E-state index contributed by atoms with van der Waals surface area (Å²) in [6.45, 7) is 0.537. The number of hydrogen-bond acceptors (Lipinski definition) is 3. The molecule has 0 saturated heterocycles. The molecule has 3 aromatic rings. The molecule has 2 aromatic carbocycles. The van der Waals surface area contributed by atoms with E-state index in [1.54, 1.807) is 11.3 Å². The molecule has 0 fully saturated rings. The molecule has 0 spiro atoms. The van der Waals surface area contributed by atoms with Gasteiger partial charge in [0.15, 0.2) is 0 Å². The van der Waals surface area contributed by atoms with Crippen molar-refractivity contribution in [3.8, 4) is 5.75 Å². The summed E-state index contributed by atoms with van der Waals surface area (Å²) in [5.74, 6) is 0.771. The van der Waals surface area contributed by atoms with Crippen molar-refractivity contribution in [2.24, 2.45) is 0 Å². The molecule has 4 heteroatoms. The number of aliphatic hydroxyl groups is 1. The Morgan fingerprint density at radius 2 is 1.95 bits per heavy atom. The summed E-state index contributed by atoms with van der Waals surface area (Å²) in [7, 11) is 0. The first kappa shape index (κ1) is 13.6. The molecule has 0 aliphatic carbocycles. The Morgan fingerprint density at radius 1 is 1.10 bits per heavy atom. The number of ether oxygens (including phenoxy) is 1. The van der Waals surface area contributed by atoms with Crippen molar-refractivity contribution in [3.63, 3.8) is 0 Å². The summed E-state index contributed by atoms with van der Waals surface area (Å²) in [5.41, 5.74) is 2.02. The van der Waals surface area contributed by atoms with E-state index in [9.17, 15) is 5.11 Å². The van der Waals surface area contributed by atoms with Crippen molar-refractivity contribution in [2.45, 2.75) is 13.2 Å². The lowest BCUT2D eigenvalue weighted by Gasteiger charge is -2.08. The standard InChI is InChI=1S/C16H13BrO2S/c17-15-6-5-13(7-11(15)8-18)19-9-12-10-20-16-4-2-1-3-14(12)16/h1-7,10,18H,8-9H2. The molecule has 0 aliphatic heterocycles. The van der Waals surface area contributed by atoms with Gasteiger partial charge in [0.1, 0.15) is 12.4 Å². The van der Waals surface area contributed by atoms with Crippen LogP contribution in [-0.4, -0.2) is 5.11 Å². The topological polar surface area (TPSA) is 29.5 Å². The van der Waals surface area contributed by atoms with Crippen LogP contribution in [0.4, 0.5) is 0 Å². The maximum atomic E-state index is 9.25. The highest BCUT2D eigenvalue weighted by Gasteiger charge is 2.05. The summed E-state index contributed by atoms with van der Waals surface area (Å²) in [6, 6.07) is 14.0. The zero-order valence-electron chi connectivity index (χ0n) is 10.7. The molecule has 0 unspecified atom stereocenters. The average molecular weight is 349 g/mol. The number of hydrogen-bond donors (Lipinski definition) is 1. The van der Waals surface area contributed by atoms with E-state index in [1.807, 2.05) is 30.3 Å². The molecule has 1 heterocycles. The molecule has 0 amide bonds. The van der Waals surface area contributed by atoms with E-state index in [2.05, 4.69) is 33.4 Å². The van der Waals surface area contributed by atoms with Crippen molar-refractivity contribution in [2.75, 3.05) is 0 Å². The fourth-order valence-electron chi connectivity index (χ4n) is 2.07. The summed E-state index contributed by atoms with van der Waals surface area (Å²) >= 11 is 5.13. The quantitative estimate of drug-likeness (QED) is 0.738. The molecule has 1 N–H and O–H groups in total. The molecule has 0 radical (unpaired) electrons. The predicted molar refractivity (Wildman–Crippen MR) is 86.2 cm³/mol. The van der Waals surface area contributed by atoms with Crippen LogP contribution in [0.3, 0.4) is 0 Å². The van der Waals surface area contributed by atoms with Crippen LogP contribution < -0.4 is 4.74 Å². The second-order valence-corrected chi connectivity index (χ2v) is 6.22. The van der Waals surface area contributed by atoms with E-state index in [0.29, 0.717) is 6.61 Å². The molecule has 0 atom stereocenters. The largest absolute Gasteiger partial charge is 0.489 e. The van der Waals surface area contributed by atoms with Crippen LogP contribution in [0.2, 0.25) is 0 Å². The number of thiophene rings is 1. The zero-order chi connectivity index (χ0) is 13.9. The number of aliphatic hydroxyl groups excluding tert-OH is 1. The highest BCUT2D eigenvalue weighted by atomic mass is 79.9. The van der Waals surface area contributed by atoms with Crippen LogP contribution in [0.15, 0.2) is 52.3 Å². The van der Waals surface area contributed by atoms with Crippen LogP contribution in [0.1, 0.15) is 11.1 Å². The van der Waals surface area contributed by atoms with Gasteiger partial charge >= 0.3 is 0 Å². The maximum absolute atomic E-state index is 9.25. The van der Waals surface area contributed by atoms with Crippen LogP contribution in [0.25, 0.3) is 10.1 Å². The Hall–Kier alpha value is -1.36. The number of rotatable bonds is 4. The highest BCUT2D eigenvalue weighted by molar-refractivity contribution is 9.10. The molecule has 0 saturated carbocycles. The lowest BCUT2D eigenvalue weighted by molar-refractivity contribution is 0.277. The average Bonchev–Trinajstić information content (AvgIpc) is 2.90. The van der Waals surface area contributed by atoms with Gasteiger partial charge in [-0.3, -0.25) is 0 Å². The predicted octanol–water partition coefficient (Wildman–Crippen LogP) is 4.74. The third-order valence-electron chi connectivity index (χ3n) is 3.14. The van der Waals surface area contributed by atoms with E-state index in [4.69, 9.17) is 4.74 Å². The number of fused-ring (bicyclic) bond motifs is 1. The van der Waals surface area contributed by atoms with Gasteiger partial charge < -0.3 is 9.84 Å². The van der Waals surface area contributed by atoms with E-state index in [0.717, 1.165) is 15.8 Å². The molecule has 20 heavy (non-hydrogen) atoms. The second-order valence-electron chi connectivity index (χ2n) is 4.46. The van der Waals surface area contributed by atoms with Crippen molar-refractivity contribution >= 4 is 37.4 Å². The van der Waals surface area contributed by atoms with E-state index in [-0.39, 0.29) is 6.61 Å². The minimum atomic E-state index is -0.000828. The van der Waals surface area contributed by atoms with E-state index < -0.39 is 0 Å². The Balaban J connectivity index is 1.79. The molecular formula is C16H13BrO2S. The van der Waals surface area contributed by atoms with Gasteiger partial charge in [0, 0.05) is 14.7 Å². The van der Waals surface area contributed by atoms with Gasteiger partial charge in [-0.2, -0.15) is 0 Å². The minimum Gasteiger partial charge on any atom is -0.489 e. The molecule has 102 valence electrons. The first-order valence-corrected chi connectivity index (χ1v) is 7.92. The molecule has 0 bridgehead atoms. The second kappa shape index (κ2) is 5.95. The van der Waals surface area contributed by atoms with E-state index in [1.165, 1.54) is 15.6 Å². The fraction of sp³-hybridized carbons (Fsp3) is 0.125. The van der Waals surface area contributed by atoms with Crippen LogP contribution in [-0.2, 0) is 13.2 Å². The van der Waals surface area contributed by atoms with E-state index >= 15 is 0 Å². The Kier molecular flexibility index (Phi) is 4.05.